The van der Waals surface area contributed by atoms with E-state index in [1.807, 2.05) is 54.6 Å². The van der Waals surface area contributed by atoms with E-state index in [9.17, 15) is 4.79 Å². The third-order valence-electron chi connectivity index (χ3n) is 3.76. The summed E-state index contributed by atoms with van der Waals surface area (Å²) in [5.41, 5.74) is 2.81. The van der Waals surface area contributed by atoms with Crippen molar-refractivity contribution in [1.29, 1.82) is 0 Å². The van der Waals surface area contributed by atoms with Gasteiger partial charge in [0.25, 0.3) is 0 Å². The van der Waals surface area contributed by atoms with Gasteiger partial charge in [-0.25, -0.2) is 4.79 Å². The molecule has 0 spiro atoms. The van der Waals surface area contributed by atoms with Crippen LogP contribution < -0.4 is 10.6 Å². The molecule has 1 aliphatic rings. The number of ether oxygens (including phenoxy) is 1. The summed E-state index contributed by atoms with van der Waals surface area (Å²) in [5.74, 6) is 0. The van der Waals surface area contributed by atoms with Gasteiger partial charge in [0.2, 0.25) is 0 Å². The Hall–Kier alpha value is -2.33. The van der Waals surface area contributed by atoms with Crippen molar-refractivity contribution in [3.05, 3.63) is 54.6 Å². The van der Waals surface area contributed by atoms with E-state index >= 15 is 0 Å². The van der Waals surface area contributed by atoms with Crippen LogP contribution in [0.25, 0.3) is 11.1 Å². The number of benzene rings is 2. The van der Waals surface area contributed by atoms with Crippen LogP contribution in [0, 0.1) is 0 Å². The van der Waals surface area contributed by atoms with Crippen molar-refractivity contribution in [2.45, 2.75) is 25.5 Å². The first-order valence-corrected chi connectivity index (χ1v) is 7.68. The monoisotopic (exact) mass is 296 g/mol. The molecule has 1 unspecified atom stereocenters. The number of para-hydroxylation sites is 1. The van der Waals surface area contributed by atoms with Crippen molar-refractivity contribution in [3.8, 4) is 11.1 Å². The molecule has 4 nitrogen and oxygen atoms in total. The van der Waals surface area contributed by atoms with Crippen molar-refractivity contribution < 1.29 is 9.53 Å². The van der Waals surface area contributed by atoms with Crippen molar-refractivity contribution in [2.75, 3.05) is 11.9 Å². The number of anilines is 1. The molecule has 1 heterocycles. The van der Waals surface area contributed by atoms with Crippen molar-refractivity contribution in [3.63, 3.8) is 0 Å². The second kappa shape index (κ2) is 7.09. The molecule has 4 heteroatoms. The lowest BCUT2D eigenvalue weighted by Crippen LogP contribution is -2.38. The van der Waals surface area contributed by atoms with Gasteiger partial charge in [0, 0.05) is 5.56 Å². The maximum atomic E-state index is 12.1. The number of piperidine rings is 1. The Bertz CT molecular complexity index is 622. The largest absolute Gasteiger partial charge is 0.430 e. The van der Waals surface area contributed by atoms with Gasteiger partial charge >= 0.3 is 6.09 Å². The average Bonchev–Trinajstić information content (AvgIpc) is 2.57. The van der Waals surface area contributed by atoms with E-state index in [0.29, 0.717) is 0 Å². The molecule has 1 atom stereocenters. The first kappa shape index (κ1) is 14.6. The average molecular weight is 296 g/mol. The molecule has 0 aliphatic carbocycles. The van der Waals surface area contributed by atoms with Gasteiger partial charge in [0.05, 0.1) is 5.69 Å². The molecule has 0 aromatic heterocycles. The van der Waals surface area contributed by atoms with Gasteiger partial charge in [-0.15, -0.1) is 0 Å². The molecule has 0 saturated carbocycles. The molecule has 1 aliphatic heterocycles. The molecule has 1 amide bonds. The summed E-state index contributed by atoms with van der Waals surface area (Å²) >= 11 is 0. The highest BCUT2D eigenvalue weighted by Gasteiger charge is 2.17. The molecule has 22 heavy (non-hydrogen) atoms. The molecule has 0 radical (unpaired) electrons. The van der Waals surface area contributed by atoms with Gasteiger partial charge in [-0.1, -0.05) is 48.5 Å². The molecule has 114 valence electrons. The van der Waals surface area contributed by atoms with E-state index in [1.54, 1.807) is 0 Å². The highest BCUT2D eigenvalue weighted by Crippen LogP contribution is 2.27. The minimum atomic E-state index is -0.414. The molecule has 3 rings (SSSR count). The van der Waals surface area contributed by atoms with Gasteiger partial charge in [-0.2, -0.15) is 0 Å². The fourth-order valence-corrected chi connectivity index (χ4v) is 2.65. The van der Waals surface area contributed by atoms with Crippen LogP contribution in [0.3, 0.4) is 0 Å². The lowest BCUT2D eigenvalue weighted by Gasteiger charge is -2.23. The molecule has 1 saturated heterocycles. The Morgan fingerprint density at radius 1 is 1.05 bits per heavy atom. The third-order valence-corrected chi connectivity index (χ3v) is 3.76. The Balaban J connectivity index is 1.71. The first-order chi connectivity index (χ1) is 10.8. The summed E-state index contributed by atoms with van der Waals surface area (Å²) in [5, 5.41) is 6.05. The van der Waals surface area contributed by atoms with E-state index in [2.05, 4.69) is 10.6 Å². The second-order valence-corrected chi connectivity index (χ2v) is 5.38. The SMILES string of the molecule is O=C(Nc1ccccc1-c1ccccc1)OC1CCCCN1. The maximum absolute atomic E-state index is 12.1. The maximum Gasteiger partial charge on any atom is 0.413 e. The lowest BCUT2D eigenvalue weighted by atomic mass is 10.0. The number of rotatable bonds is 3. The third kappa shape index (κ3) is 3.65. The Morgan fingerprint density at radius 2 is 1.82 bits per heavy atom. The summed E-state index contributed by atoms with van der Waals surface area (Å²) in [6.07, 6.45) is 2.50. The number of amides is 1. The van der Waals surface area contributed by atoms with Crippen LogP contribution in [0.1, 0.15) is 19.3 Å². The van der Waals surface area contributed by atoms with Gasteiger partial charge in [0.1, 0.15) is 0 Å². The van der Waals surface area contributed by atoms with E-state index in [1.165, 1.54) is 0 Å². The highest BCUT2D eigenvalue weighted by atomic mass is 16.6. The summed E-state index contributed by atoms with van der Waals surface area (Å²) in [4.78, 5) is 12.1. The standard InChI is InChI=1S/C18H20N2O2/c21-18(22-17-12-6-7-13-19-17)20-16-11-5-4-10-15(16)14-8-2-1-3-9-14/h1-5,8-11,17,19H,6-7,12-13H2,(H,20,21). The van der Waals surface area contributed by atoms with Crippen LogP contribution in [-0.2, 0) is 4.74 Å². The van der Waals surface area contributed by atoms with E-state index in [0.717, 1.165) is 42.6 Å². The quantitative estimate of drug-likeness (QED) is 0.900. The fourth-order valence-electron chi connectivity index (χ4n) is 2.65. The van der Waals surface area contributed by atoms with Crippen LogP contribution in [-0.4, -0.2) is 18.9 Å². The van der Waals surface area contributed by atoms with Crippen LogP contribution >= 0.6 is 0 Å². The molecular formula is C18H20N2O2. The van der Waals surface area contributed by atoms with Gasteiger partial charge in [-0.3, -0.25) is 10.6 Å². The van der Waals surface area contributed by atoms with Crippen LogP contribution in [0.4, 0.5) is 10.5 Å². The Labute approximate surface area is 130 Å². The number of hydrogen-bond donors (Lipinski definition) is 2. The predicted octanol–water partition coefficient (Wildman–Crippen LogP) is 4.00. The Kier molecular flexibility index (Phi) is 4.71. The van der Waals surface area contributed by atoms with Gasteiger partial charge in [-0.05, 0) is 37.4 Å². The smallest absolute Gasteiger partial charge is 0.413 e. The molecule has 2 aromatic rings. The van der Waals surface area contributed by atoms with Gasteiger partial charge < -0.3 is 4.74 Å². The van der Waals surface area contributed by atoms with Crippen LogP contribution in [0.5, 0.6) is 0 Å². The minimum Gasteiger partial charge on any atom is -0.430 e. The van der Waals surface area contributed by atoms with Gasteiger partial charge in [0.15, 0.2) is 6.23 Å². The zero-order valence-corrected chi connectivity index (χ0v) is 12.4. The minimum absolute atomic E-state index is 0.183. The van der Waals surface area contributed by atoms with Crippen molar-refractivity contribution in [1.82, 2.24) is 5.32 Å². The first-order valence-electron chi connectivity index (χ1n) is 7.68. The summed E-state index contributed by atoms with van der Waals surface area (Å²) in [7, 11) is 0. The molecule has 0 bridgehead atoms. The number of carbonyl (C=O) groups excluding carboxylic acids is 1. The Morgan fingerprint density at radius 3 is 2.59 bits per heavy atom. The number of carbonyl (C=O) groups is 1. The molecular weight excluding hydrogens is 276 g/mol. The van der Waals surface area contributed by atoms with Crippen LogP contribution in [0.15, 0.2) is 54.6 Å². The summed E-state index contributed by atoms with van der Waals surface area (Å²) in [6, 6.07) is 17.7. The normalized spacial score (nSPS) is 17.7. The van der Waals surface area contributed by atoms with Crippen LogP contribution in [0.2, 0.25) is 0 Å². The zero-order valence-electron chi connectivity index (χ0n) is 12.4. The summed E-state index contributed by atoms with van der Waals surface area (Å²) < 4.78 is 5.42. The second-order valence-electron chi connectivity index (χ2n) is 5.38. The zero-order chi connectivity index (χ0) is 15.2. The topological polar surface area (TPSA) is 50.4 Å². The van der Waals surface area contributed by atoms with Crippen molar-refractivity contribution >= 4 is 11.8 Å². The fraction of sp³-hybridized carbons (Fsp3) is 0.278. The number of nitrogens with one attached hydrogen (secondary N) is 2. The highest BCUT2D eigenvalue weighted by molar-refractivity contribution is 5.91. The number of hydrogen-bond acceptors (Lipinski definition) is 3. The molecule has 1 fully saturated rings. The van der Waals surface area contributed by atoms with E-state index < -0.39 is 6.09 Å². The predicted molar refractivity (Wildman–Crippen MR) is 87.6 cm³/mol. The van der Waals surface area contributed by atoms with E-state index in [-0.39, 0.29) is 6.23 Å². The molecule has 2 aromatic carbocycles. The lowest BCUT2D eigenvalue weighted by molar-refractivity contribution is 0.0716. The summed E-state index contributed by atoms with van der Waals surface area (Å²) in [6.45, 7) is 0.901. The molecule has 2 N–H and O–H groups in total. The van der Waals surface area contributed by atoms with E-state index in [4.69, 9.17) is 4.74 Å². The van der Waals surface area contributed by atoms with Crippen molar-refractivity contribution in [2.24, 2.45) is 0 Å².